The van der Waals surface area contributed by atoms with Gasteiger partial charge in [0, 0.05) is 38.3 Å². The van der Waals surface area contributed by atoms with E-state index in [-0.39, 0.29) is 16.8 Å². The Hall–Kier alpha value is -2.29. The van der Waals surface area contributed by atoms with E-state index in [9.17, 15) is 14.3 Å². The summed E-state index contributed by atoms with van der Waals surface area (Å²) in [7, 11) is 0. The van der Waals surface area contributed by atoms with E-state index >= 15 is 0 Å². The quantitative estimate of drug-likeness (QED) is 0.624. The van der Waals surface area contributed by atoms with Crippen molar-refractivity contribution in [1.82, 2.24) is 20.2 Å². The van der Waals surface area contributed by atoms with Crippen LogP contribution in [-0.2, 0) is 4.79 Å². The Balaban J connectivity index is 1.28. The van der Waals surface area contributed by atoms with Crippen LogP contribution in [0.25, 0.3) is 0 Å². The lowest BCUT2D eigenvalue weighted by Crippen LogP contribution is -2.51. The van der Waals surface area contributed by atoms with Gasteiger partial charge in [-0.3, -0.25) is 4.79 Å². The molecule has 34 heavy (non-hydrogen) atoms. The number of hydrogen-bond acceptors (Lipinski definition) is 6. The van der Waals surface area contributed by atoms with Crippen molar-refractivity contribution >= 4 is 23.3 Å². The topological polar surface area (TPSA) is 81.6 Å². The number of aliphatic hydroxyl groups is 1. The van der Waals surface area contributed by atoms with E-state index in [1.807, 2.05) is 4.90 Å². The van der Waals surface area contributed by atoms with Gasteiger partial charge < -0.3 is 20.2 Å². The van der Waals surface area contributed by atoms with E-state index in [1.54, 1.807) is 6.07 Å². The molecule has 5 rings (SSSR count). The van der Waals surface area contributed by atoms with E-state index in [0.717, 1.165) is 23.6 Å². The fraction of sp³-hybridized carbons (Fsp3) is 0.560. The number of aliphatic hydroxyl groups excluding tert-OH is 1. The van der Waals surface area contributed by atoms with Crippen LogP contribution in [0, 0.1) is 11.7 Å². The van der Waals surface area contributed by atoms with Gasteiger partial charge in [-0.05, 0) is 55.3 Å². The zero-order valence-corrected chi connectivity index (χ0v) is 20.1. The molecule has 1 saturated heterocycles. The minimum Gasteiger partial charge on any atom is -0.387 e. The lowest BCUT2D eigenvalue weighted by molar-refractivity contribution is -0.133. The molecule has 3 aliphatic rings. The van der Waals surface area contributed by atoms with Gasteiger partial charge in [-0.2, -0.15) is 0 Å². The smallest absolute Gasteiger partial charge is 0.231 e. The second-order valence-electron chi connectivity index (χ2n) is 9.79. The number of rotatable bonds is 7. The SMILES string of the molecule is C[C@@H]1C[C@@H](O)c2ncnc(N3CCN(C(=O)[C@H](CNCC4CC4)c4ccc(Cl)c(F)c4)CC3)c21. The summed E-state index contributed by atoms with van der Waals surface area (Å²) in [6.45, 7) is 5.87. The molecule has 2 aliphatic carbocycles. The molecule has 2 aromatic rings. The van der Waals surface area contributed by atoms with Crippen molar-refractivity contribution in [1.29, 1.82) is 0 Å². The first kappa shape index (κ1) is 23.5. The molecule has 1 aromatic carbocycles. The Morgan fingerprint density at radius 1 is 1.26 bits per heavy atom. The average molecular weight is 488 g/mol. The highest BCUT2D eigenvalue weighted by Crippen LogP contribution is 2.42. The molecule has 0 unspecified atom stereocenters. The highest BCUT2D eigenvalue weighted by atomic mass is 35.5. The summed E-state index contributed by atoms with van der Waals surface area (Å²) in [5, 5.41) is 13.8. The first-order valence-corrected chi connectivity index (χ1v) is 12.5. The van der Waals surface area contributed by atoms with E-state index in [1.165, 1.54) is 31.3 Å². The van der Waals surface area contributed by atoms with Crippen molar-refractivity contribution in [3.63, 3.8) is 0 Å². The standard InChI is InChI=1S/C25H31ClFN5O2/c1-15-10-21(33)23-22(15)24(30-14-29-23)31-6-8-32(9-7-31)25(34)18(13-28-12-16-2-3-16)17-4-5-19(26)20(27)11-17/h4-5,11,14-16,18,21,28,33H,2-3,6-10,12-13H2,1H3/t15-,18-,21-/m1/s1. The summed E-state index contributed by atoms with van der Waals surface area (Å²) in [5.41, 5.74) is 2.39. The lowest BCUT2D eigenvalue weighted by Gasteiger charge is -2.38. The van der Waals surface area contributed by atoms with Crippen LogP contribution in [0.1, 0.15) is 60.9 Å². The predicted molar refractivity (Wildman–Crippen MR) is 129 cm³/mol. The predicted octanol–water partition coefficient (Wildman–Crippen LogP) is 3.24. The summed E-state index contributed by atoms with van der Waals surface area (Å²) in [5.74, 6) is 0.790. The number of nitrogens with zero attached hydrogens (tertiary/aromatic N) is 4. The molecule has 3 atom stereocenters. The van der Waals surface area contributed by atoms with Crippen molar-refractivity contribution in [3.8, 4) is 0 Å². The van der Waals surface area contributed by atoms with Gasteiger partial charge in [0.1, 0.15) is 18.0 Å². The molecular formula is C25H31ClFN5O2. The molecule has 0 bridgehead atoms. The molecule has 0 radical (unpaired) electrons. The van der Waals surface area contributed by atoms with Crippen LogP contribution in [0.4, 0.5) is 10.2 Å². The van der Waals surface area contributed by atoms with Crippen LogP contribution in [0.5, 0.6) is 0 Å². The number of hydrogen-bond donors (Lipinski definition) is 2. The summed E-state index contributed by atoms with van der Waals surface area (Å²) >= 11 is 5.88. The Labute approximate surface area is 204 Å². The van der Waals surface area contributed by atoms with Crippen molar-refractivity contribution in [2.75, 3.05) is 44.2 Å². The summed E-state index contributed by atoms with van der Waals surface area (Å²) in [6, 6.07) is 4.66. The first-order chi connectivity index (χ1) is 16.4. The Bertz CT molecular complexity index is 1060. The van der Waals surface area contributed by atoms with Gasteiger partial charge in [-0.15, -0.1) is 0 Å². The monoisotopic (exact) mass is 487 g/mol. The molecule has 1 aliphatic heterocycles. The van der Waals surface area contributed by atoms with Crippen LogP contribution in [0.15, 0.2) is 24.5 Å². The normalized spacial score (nSPS) is 23.2. The van der Waals surface area contributed by atoms with Gasteiger partial charge in [0.2, 0.25) is 5.91 Å². The van der Waals surface area contributed by atoms with Crippen molar-refractivity contribution < 1.29 is 14.3 Å². The highest BCUT2D eigenvalue weighted by molar-refractivity contribution is 6.30. The number of benzene rings is 1. The number of anilines is 1. The van der Waals surface area contributed by atoms with Gasteiger partial charge in [-0.25, -0.2) is 14.4 Å². The van der Waals surface area contributed by atoms with Crippen molar-refractivity contribution in [2.45, 2.75) is 44.1 Å². The van der Waals surface area contributed by atoms with Crippen LogP contribution in [-0.4, -0.2) is 65.2 Å². The number of piperazine rings is 1. The third-order valence-corrected chi connectivity index (χ3v) is 7.60. The molecular weight excluding hydrogens is 457 g/mol. The second-order valence-corrected chi connectivity index (χ2v) is 10.2. The fourth-order valence-corrected chi connectivity index (χ4v) is 5.26. The zero-order valence-electron chi connectivity index (χ0n) is 19.4. The number of amides is 1. The van der Waals surface area contributed by atoms with Crippen molar-refractivity contribution in [3.05, 3.63) is 52.2 Å². The third kappa shape index (κ3) is 4.76. The number of aromatic nitrogens is 2. The largest absolute Gasteiger partial charge is 0.387 e. The van der Waals surface area contributed by atoms with Gasteiger partial charge in [0.25, 0.3) is 0 Å². The van der Waals surface area contributed by atoms with Crippen LogP contribution >= 0.6 is 11.6 Å². The minimum absolute atomic E-state index is 0.00127. The van der Waals surface area contributed by atoms with Gasteiger partial charge in [0.05, 0.1) is 22.7 Å². The molecule has 9 heteroatoms. The molecule has 2 N–H and O–H groups in total. The first-order valence-electron chi connectivity index (χ1n) is 12.1. The number of nitrogens with one attached hydrogen (secondary N) is 1. The van der Waals surface area contributed by atoms with Gasteiger partial charge in [0.15, 0.2) is 0 Å². The summed E-state index contributed by atoms with van der Waals surface area (Å²) in [6.07, 6.45) is 4.09. The molecule has 2 heterocycles. The van der Waals surface area contributed by atoms with Gasteiger partial charge >= 0.3 is 0 Å². The highest BCUT2D eigenvalue weighted by Gasteiger charge is 2.35. The fourth-order valence-electron chi connectivity index (χ4n) is 5.14. The number of halogens is 2. The second kappa shape index (κ2) is 9.76. The molecule has 182 valence electrons. The maximum absolute atomic E-state index is 14.2. The maximum atomic E-state index is 14.2. The molecule has 2 fully saturated rings. The Morgan fingerprint density at radius 3 is 2.74 bits per heavy atom. The molecule has 1 saturated carbocycles. The van der Waals surface area contributed by atoms with Gasteiger partial charge in [-0.1, -0.05) is 24.6 Å². The van der Waals surface area contributed by atoms with Crippen LogP contribution in [0.3, 0.4) is 0 Å². The van der Waals surface area contributed by atoms with E-state index in [4.69, 9.17) is 11.6 Å². The van der Waals surface area contributed by atoms with E-state index < -0.39 is 17.8 Å². The average Bonchev–Trinajstić information content (AvgIpc) is 3.62. The summed E-state index contributed by atoms with van der Waals surface area (Å²) < 4.78 is 14.2. The third-order valence-electron chi connectivity index (χ3n) is 7.29. The minimum atomic E-state index is -0.543. The van der Waals surface area contributed by atoms with Crippen LogP contribution < -0.4 is 10.2 Å². The van der Waals surface area contributed by atoms with E-state index in [0.29, 0.717) is 50.6 Å². The van der Waals surface area contributed by atoms with E-state index in [2.05, 4.69) is 27.1 Å². The number of carbonyl (C=O) groups is 1. The van der Waals surface area contributed by atoms with Crippen LogP contribution in [0.2, 0.25) is 5.02 Å². The number of fused-ring (bicyclic) bond motifs is 1. The molecule has 0 spiro atoms. The molecule has 1 amide bonds. The lowest BCUT2D eigenvalue weighted by atomic mass is 9.96. The van der Waals surface area contributed by atoms with Crippen molar-refractivity contribution in [2.24, 2.45) is 5.92 Å². The summed E-state index contributed by atoms with van der Waals surface area (Å²) in [4.78, 5) is 26.4. The maximum Gasteiger partial charge on any atom is 0.231 e. The number of carbonyl (C=O) groups excluding carboxylic acids is 1. The molecule has 7 nitrogen and oxygen atoms in total. The Morgan fingerprint density at radius 2 is 2.03 bits per heavy atom. The Kier molecular flexibility index (Phi) is 6.73. The molecule has 1 aromatic heterocycles. The zero-order chi connectivity index (χ0) is 23.8.